The lowest BCUT2D eigenvalue weighted by Gasteiger charge is -2.32. The van der Waals surface area contributed by atoms with Gasteiger partial charge in [0.05, 0.1) is 13.2 Å². The number of esters is 2. The predicted octanol–water partition coefficient (Wildman–Crippen LogP) is 18.0. The molecule has 63 heavy (non-hydrogen) atoms. The number of amides is 1. The Labute approximate surface area is 401 Å². The Bertz CT molecular complexity index is 937. The molecule has 0 spiro atoms. The number of unbranched alkanes of at least 4 members (excludes halogenated alkanes) is 25. The molecule has 0 saturated heterocycles. The standard InChI is InChI=1S/C56H108BrNO5/c1-6-11-16-19-20-25-30-37-48-58(54(59)46-47-57)53(42-33-26-21-23-28-35-44-55(60)62-49-51(38-14-9-4)40-31-17-12-7-2)43-34-27-22-24-29-36-45-56(61)63-50-52(39-15-10-5)41-32-18-13-8-3/h51-53H,6-50H2,1-5H3. The Morgan fingerprint density at radius 3 is 1.10 bits per heavy atom. The van der Waals surface area contributed by atoms with Crippen molar-refractivity contribution < 1.29 is 23.9 Å². The fourth-order valence-electron chi connectivity index (χ4n) is 9.21. The van der Waals surface area contributed by atoms with Crippen molar-refractivity contribution in [1.29, 1.82) is 0 Å². The van der Waals surface area contributed by atoms with Gasteiger partial charge in [0.1, 0.15) is 0 Å². The van der Waals surface area contributed by atoms with Crippen LogP contribution in [0, 0.1) is 11.8 Å². The zero-order chi connectivity index (χ0) is 46.3. The van der Waals surface area contributed by atoms with E-state index in [0.29, 0.717) is 56.3 Å². The number of carbonyl (C=O) groups is 3. The Balaban J connectivity index is 4.83. The third kappa shape index (κ3) is 40.9. The molecule has 0 aromatic carbocycles. The van der Waals surface area contributed by atoms with E-state index < -0.39 is 0 Å². The number of halogens is 1. The topological polar surface area (TPSA) is 72.9 Å². The second-order valence-electron chi connectivity index (χ2n) is 19.6. The lowest BCUT2D eigenvalue weighted by atomic mass is 9.96. The first-order valence-corrected chi connectivity index (χ1v) is 29.1. The lowest BCUT2D eigenvalue weighted by Crippen LogP contribution is -2.41. The molecule has 0 aliphatic carbocycles. The van der Waals surface area contributed by atoms with Crippen molar-refractivity contribution in [2.24, 2.45) is 11.8 Å². The summed E-state index contributed by atoms with van der Waals surface area (Å²) >= 11 is 3.57. The summed E-state index contributed by atoms with van der Waals surface area (Å²) in [7, 11) is 0. The Kier molecular flexibility index (Phi) is 48.0. The molecule has 0 bridgehead atoms. The van der Waals surface area contributed by atoms with Gasteiger partial charge < -0.3 is 14.4 Å². The van der Waals surface area contributed by atoms with Crippen molar-refractivity contribution in [2.45, 2.75) is 304 Å². The Hall–Kier alpha value is -1.11. The predicted molar refractivity (Wildman–Crippen MR) is 276 cm³/mol. The summed E-state index contributed by atoms with van der Waals surface area (Å²) in [5, 5.41) is 0.727. The van der Waals surface area contributed by atoms with Gasteiger partial charge in [0.15, 0.2) is 0 Å². The largest absolute Gasteiger partial charge is 0.465 e. The van der Waals surface area contributed by atoms with Crippen molar-refractivity contribution in [3.8, 4) is 0 Å². The SMILES string of the molecule is CCCCCCCCCCN(C(=O)CCBr)C(CCCCCCCCC(=O)OCC(CCCC)CCCCCC)CCCCCCCCC(=O)OCC(CCCC)CCCCCC. The van der Waals surface area contributed by atoms with Gasteiger partial charge in [-0.1, -0.05) is 237 Å². The number of ether oxygens (including phenoxy) is 2. The zero-order valence-corrected chi connectivity index (χ0v) is 44.5. The normalized spacial score (nSPS) is 12.9. The van der Waals surface area contributed by atoms with Crippen LogP contribution in [0.4, 0.5) is 0 Å². The van der Waals surface area contributed by atoms with Crippen molar-refractivity contribution in [3.63, 3.8) is 0 Å². The number of hydrogen-bond acceptors (Lipinski definition) is 5. The van der Waals surface area contributed by atoms with Gasteiger partial charge in [-0.2, -0.15) is 0 Å². The van der Waals surface area contributed by atoms with Gasteiger partial charge in [-0.25, -0.2) is 0 Å². The third-order valence-corrected chi connectivity index (χ3v) is 13.9. The highest BCUT2D eigenvalue weighted by Gasteiger charge is 2.23. The van der Waals surface area contributed by atoms with E-state index in [1.165, 1.54) is 173 Å². The molecule has 0 fully saturated rings. The molecule has 1 amide bonds. The minimum atomic E-state index is -0.00723. The number of nitrogens with zero attached hydrogens (tertiary/aromatic N) is 1. The molecular weight excluding hydrogens is 847 g/mol. The van der Waals surface area contributed by atoms with Gasteiger partial charge >= 0.3 is 11.9 Å². The van der Waals surface area contributed by atoms with Gasteiger partial charge in [0.25, 0.3) is 0 Å². The fourth-order valence-corrected chi connectivity index (χ4v) is 9.55. The smallest absolute Gasteiger partial charge is 0.305 e. The van der Waals surface area contributed by atoms with Crippen LogP contribution in [0.3, 0.4) is 0 Å². The second kappa shape index (κ2) is 48.8. The van der Waals surface area contributed by atoms with Crippen LogP contribution < -0.4 is 0 Å². The second-order valence-corrected chi connectivity index (χ2v) is 20.3. The van der Waals surface area contributed by atoms with E-state index >= 15 is 0 Å². The highest BCUT2D eigenvalue weighted by Crippen LogP contribution is 2.23. The maximum atomic E-state index is 13.6. The van der Waals surface area contributed by atoms with Crippen LogP contribution in [0.2, 0.25) is 0 Å². The number of carbonyl (C=O) groups excluding carboxylic acids is 3. The molecule has 0 heterocycles. The quantitative estimate of drug-likeness (QED) is 0.0345. The maximum Gasteiger partial charge on any atom is 0.305 e. The summed E-state index contributed by atoms with van der Waals surface area (Å²) in [4.78, 5) is 41.0. The van der Waals surface area contributed by atoms with Crippen LogP contribution in [0.25, 0.3) is 0 Å². The first-order valence-electron chi connectivity index (χ1n) is 28.0. The number of alkyl halides is 1. The van der Waals surface area contributed by atoms with Crippen molar-refractivity contribution in [1.82, 2.24) is 4.90 Å². The van der Waals surface area contributed by atoms with Crippen LogP contribution in [0.1, 0.15) is 298 Å². The molecular formula is C56H108BrNO5. The molecule has 6 nitrogen and oxygen atoms in total. The van der Waals surface area contributed by atoms with E-state index in [0.717, 1.165) is 82.5 Å². The van der Waals surface area contributed by atoms with E-state index in [9.17, 15) is 14.4 Å². The van der Waals surface area contributed by atoms with Crippen LogP contribution in [0.5, 0.6) is 0 Å². The third-order valence-electron chi connectivity index (χ3n) is 13.5. The van der Waals surface area contributed by atoms with Crippen molar-refractivity contribution in [3.05, 3.63) is 0 Å². The van der Waals surface area contributed by atoms with E-state index in [4.69, 9.17) is 9.47 Å². The number of rotatable bonds is 50. The summed E-state index contributed by atoms with van der Waals surface area (Å²) in [6, 6.07) is 0.325. The molecule has 0 radical (unpaired) electrons. The molecule has 2 unspecified atom stereocenters. The molecule has 7 heteroatoms. The molecule has 0 aliphatic rings. The van der Waals surface area contributed by atoms with Crippen LogP contribution in [0.15, 0.2) is 0 Å². The number of hydrogen-bond donors (Lipinski definition) is 0. The van der Waals surface area contributed by atoms with E-state index in [1.807, 2.05) is 0 Å². The average molecular weight is 955 g/mol. The molecule has 2 atom stereocenters. The summed E-state index contributed by atoms with van der Waals surface area (Å²) in [5.41, 5.74) is 0. The Morgan fingerprint density at radius 1 is 0.381 bits per heavy atom. The van der Waals surface area contributed by atoms with Gasteiger partial charge in [-0.05, 0) is 69.6 Å². The first kappa shape index (κ1) is 61.9. The van der Waals surface area contributed by atoms with Gasteiger partial charge in [-0.3, -0.25) is 14.4 Å². The summed E-state index contributed by atoms with van der Waals surface area (Å²) in [6.07, 6.45) is 47.4. The average Bonchev–Trinajstić information content (AvgIpc) is 3.28. The van der Waals surface area contributed by atoms with E-state index in [2.05, 4.69) is 55.4 Å². The van der Waals surface area contributed by atoms with E-state index in [1.54, 1.807) is 0 Å². The van der Waals surface area contributed by atoms with Crippen molar-refractivity contribution >= 4 is 33.8 Å². The van der Waals surface area contributed by atoms with Gasteiger partial charge in [0.2, 0.25) is 5.91 Å². The minimum absolute atomic E-state index is 0.00723. The molecule has 0 N–H and O–H groups in total. The fraction of sp³-hybridized carbons (Fsp3) is 0.946. The monoisotopic (exact) mass is 954 g/mol. The van der Waals surface area contributed by atoms with Crippen LogP contribution in [-0.4, -0.2) is 53.9 Å². The van der Waals surface area contributed by atoms with Gasteiger partial charge in [0, 0.05) is 37.2 Å². The lowest BCUT2D eigenvalue weighted by molar-refractivity contribution is -0.146. The molecule has 0 aromatic heterocycles. The van der Waals surface area contributed by atoms with Crippen molar-refractivity contribution in [2.75, 3.05) is 25.1 Å². The first-order chi connectivity index (χ1) is 30.9. The summed E-state index contributed by atoms with van der Waals surface area (Å²) < 4.78 is 11.5. The van der Waals surface area contributed by atoms with Gasteiger partial charge in [-0.15, -0.1) is 0 Å². The molecule has 0 saturated carbocycles. The minimum Gasteiger partial charge on any atom is -0.465 e. The molecule has 374 valence electrons. The van der Waals surface area contributed by atoms with E-state index in [-0.39, 0.29) is 11.9 Å². The summed E-state index contributed by atoms with van der Waals surface area (Å²) in [6.45, 7) is 13.4. The highest BCUT2D eigenvalue weighted by atomic mass is 79.9. The van der Waals surface area contributed by atoms with Crippen LogP contribution >= 0.6 is 15.9 Å². The maximum absolute atomic E-state index is 13.6. The molecule has 0 rings (SSSR count). The highest BCUT2D eigenvalue weighted by molar-refractivity contribution is 9.09. The molecule has 0 aliphatic heterocycles. The molecule has 0 aromatic rings. The zero-order valence-electron chi connectivity index (χ0n) is 42.9. The summed E-state index contributed by atoms with van der Waals surface area (Å²) in [5.74, 6) is 1.36. The Morgan fingerprint density at radius 2 is 0.698 bits per heavy atom. The van der Waals surface area contributed by atoms with Crippen LogP contribution in [-0.2, 0) is 23.9 Å².